The molecule has 0 spiro atoms. The minimum absolute atomic E-state index is 0.155. The lowest BCUT2D eigenvalue weighted by atomic mass is 10.2. The highest BCUT2D eigenvalue weighted by molar-refractivity contribution is 5.77. The predicted molar refractivity (Wildman–Crippen MR) is 117 cm³/mol. The van der Waals surface area contributed by atoms with Crippen molar-refractivity contribution in [2.24, 2.45) is 0 Å². The minimum Gasteiger partial charge on any atom is -0.496 e. The highest BCUT2D eigenvalue weighted by atomic mass is 16.5. The van der Waals surface area contributed by atoms with Gasteiger partial charge < -0.3 is 10.1 Å². The van der Waals surface area contributed by atoms with Gasteiger partial charge in [-0.2, -0.15) is 5.10 Å². The normalized spacial score (nSPS) is 10.9. The fraction of sp³-hybridized carbons (Fsp3) is 0.217. The molecule has 158 valence electrons. The van der Waals surface area contributed by atoms with Crippen LogP contribution in [0.3, 0.4) is 0 Å². The van der Waals surface area contributed by atoms with Crippen molar-refractivity contribution >= 4 is 16.9 Å². The fourth-order valence-electron chi connectivity index (χ4n) is 3.47. The van der Waals surface area contributed by atoms with Gasteiger partial charge in [0.15, 0.2) is 5.65 Å². The molecule has 8 heteroatoms. The molecule has 0 radical (unpaired) electrons. The topological polar surface area (TPSA) is 91.0 Å². The summed E-state index contributed by atoms with van der Waals surface area (Å²) in [5.41, 5.74) is 2.02. The maximum absolute atomic E-state index is 13.0. The number of rotatable bonds is 7. The van der Waals surface area contributed by atoms with Crippen LogP contribution in [0.4, 0.5) is 0 Å². The summed E-state index contributed by atoms with van der Waals surface area (Å²) in [6, 6.07) is 17.0. The van der Waals surface area contributed by atoms with Gasteiger partial charge in [0.05, 0.1) is 19.0 Å². The molecule has 4 rings (SSSR count). The van der Waals surface area contributed by atoms with E-state index in [0.29, 0.717) is 23.4 Å². The van der Waals surface area contributed by atoms with E-state index in [4.69, 9.17) is 4.74 Å². The Morgan fingerprint density at radius 2 is 1.84 bits per heavy atom. The standard InChI is InChI=1S/C23H23N5O3/c1-16-26-22-19(15-25-28(22)18-9-4-3-5-10-18)23(30)27(16)13-12-21(29)24-14-17-8-6-7-11-20(17)31-2/h3-11,15H,12-14H2,1-2H3,(H,24,29). The third kappa shape index (κ3) is 4.18. The lowest BCUT2D eigenvalue weighted by molar-refractivity contribution is -0.121. The number of fused-ring (bicyclic) bond motifs is 1. The summed E-state index contributed by atoms with van der Waals surface area (Å²) in [6.45, 7) is 2.36. The van der Waals surface area contributed by atoms with E-state index < -0.39 is 0 Å². The summed E-state index contributed by atoms with van der Waals surface area (Å²) in [5, 5.41) is 7.63. The highest BCUT2D eigenvalue weighted by Gasteiger charge is 2.15. The van der Waals surface area contributed by atoms with E-state index in [-0.39, 0.29) is 24.4 Å². The Morgan fingerprint density at radius 3 is 2.61 bits per heavy atom. The molecule has 0 saturated heterocycles. The van der Waals surface area contributed by atoms with Crippen molar-refractivity contribution in [1.29, 1.82) is 0 Å². The number of carbonyl (C=O) groups excluding carboxylic acids is 1. The Hall–Kier alpha value is -3.94. The van der Waals surface area contributed by atoms with E-state index in [1.165, 1.54) is 10.8 Å². The molecule has 0 aliphatic rings. The van der Waals surface area contributed by atoms with E-state index in [9.17, 15) is 9.59 Å². The van der Waals surface area contributed by atoms with Crippen molar-refractivity contribution in [2.75, 3.05) is 7.11 Å². The zero-order valence-corrected chi connectivity index (χ0v) is 17.4. The fourth-order valence-corrected chi connectivity index (χ4v) is 3.47. The molecule has 1 N–H and O–H groups in total. The molecule has 0 bridgehead atoms. The van der Waals surface area contributed by atoms with E-state index >= 15 is 0 Å². The first-order valence-corrected chi connectivity index (χ1v) is 9.97. The second-order valence-electron chi connectivity index (χ2n) is 7.08. The van der Waals surface area contributed by atoms with Crippen LogP contribution in [0.5, 0.6) is 5.75 Å². The molecule has 31 heavy (non-hydrogen) atoms. The number of carbonyl (C=O) groups is 1. The Balaban J connectivity index is 1.49. The van der Waals surface area contributed by atoms with Crippen LogP contribution in [0.15, 0.2) is 65.6 Å². The van der Waals surface area contributed by atoms with Crippen LogP contribution in [-0.2, 0) is 17.9 Å². The van der Waals surface area contributed by atoms with Gasteiger partial charge in [-0.3, -0.25) is 14.2 Å². The molecule has 0 saturated carbocycles. The molecule has 0 aliphatic carbocycles. The van der Waals surface area contributed by atoms with Gasteiger partial charge >= 0.3 is 0 Å². The smallest absolute Gasteiger partial charge is 0.264 e. The number of ether oxygens (including phenoxy) is 1. The summed E-state index contributed by atoms with van der Waals surface area (Å²) >= 11 is 0. The number of benzene rings is 2. The van der Waals surface area contributed by atoms with E-state index in [0.717, 1.165) is 17.0 Å². The van der Waals surface area contributed by atoms with Gasteiger partial charge in [-0.15, -0.1) is 0 Å². The van der Waals surface area contributed by atoms with E-state index in [2.05, 4.69) is 15.4 Å². The Kier molecular flexibility index (Phi) is 5.79. The summed E-state index contributed by atoms with van der Waals surface area (Å²) in [6.07, 6.45) is 1.69. The first kappa shape index (κ1) is 20.3. The van der Waals surface area contributed by atoms with Gasteiger partial charge in [0, 0.05) is 25.1 Å². The maximum atomic E-state index is 13.0. The number of amides is 1. The molecule has 0 fully saturated rings. The minimum atomic E-state index is -0.206. The first-order valence-electron chi connectivity index (χ1n) is 9.97. The summed E-state index contributed by atoms with van der Waals surface area (Å²) < 4.78 is 8.46. The van der Waals surface area contributed by atoms with Crippen molar-refractivity contribution < 1.29 is 9.53 Å². The van der Waals surface area contributed by atoms with Gasteiger partial charge in [-0.05, 0) is 25.1 Å². The summed E-state index contributed by atoms with van der Waals surface area (Å²) in [7, 11) is 1.60. The van der Waals surface area contributed by atoms with Gasteiger partial charge in [-0.25, -0.2) is 9.67 Å². The molecular formula is C23H23N5O3. The third-order valence-corrected chi connectivity index (χ3v) is 5.11. The molecule has 1 amide bonds. The van der Waals surface area contributed by atoms with Crippen LogP contribution in [-0.4, -0.2) is 32.3 Å². The van der Waals surface area contributed by atoms with Gasteiger partial charge in [-0.1, -0.05) is 36.4 Å². The molecule has 2 heterocycles. The van der Waals surface area contributed by atoms with Crippen LogP contribution in [0, 0.1) is 6.92 Å². The molecule has 0 unspecified atom stereocenters. The molecule has 2 aromatic heterocycles. The maximum Gasteiger partial charge on any atom is 0.264 e. The Labute approximate surface area is 179 Å². The number of hydrogen-bond donors (Lipinski definition) is 1. The number of aryl methyl sites for hydroxylation is 1. The lowest BCUT2D eigenvalue weighted by Gasteiger charge is -2.12. The Bertz CT molecular complexity index is 1280. The first-order chi connectivity index (χ1) is 15.1. The number of methoxy groups -OCH3 is 1. The van der Waals surface area contributed by atoms with E-state index in [1.54, 1.807) is 18.7 Å². The van der Waals surface area contributed by atoms with Crippen LogP contribution < -0.4 is 15.6 Å². The zero-order chi connectivity index (χ0) is 21.8. The predicted octanol–water partition coefficient (Wildman–Crippen LogP) is 2.61. The van der Waals surface area contributed by atoms with Crippen molar-refractivity contribution in [2.45, 2.75) is 26.4 Å². The van der Waals surface area contributed by atoms with Gasteiger partial charge in [0.25, 0.3) is 5.56 Å². The number of hydrogen-bond acceptors (Lipinski definition) is 5. The van der Waals surface area contributed by atoms with Crippen molar-refractivity contribution in [3.05, 3.63) is 82.5 Å². The van der Waals surface area contributed by atoms with Crippen molar-refractivity contribution in [3.8, 4) is 11.4 Å². The quantitative estimate of drug-likeness (QED) is 0.499. The van der Waals surface area contributed by atoms with Gasteiger partial charge in [0.2, 0.25) is 5.91 Å². The van der Waals surface area contributed by atoms with Crippen LogP contribution in [0.1, 0.15) is 17.8 Å². The molecule has 0 aliphatic heterocycles. The number of para-hydroxylation sites is 2. The number of aromatic nitrogens is 4. The highest BCUT2D eigenvalue weighted by Crippen LogP contribution is 2.17. The number of nitrogens with one attached hydrogen (secondary N) is 1. The van der Waals surface area contributed by atoms with Crippen molar-refractivity contribution in [3.63, 3.8) is 0 Å². The zero-order valence-electron chi connectivity index (χ0n) is 17.4. The Morgan fingerprint density at radius 1 is 1.10 bits per heavy atom. The molecule has 0 atom stereocenters. The largest absolute Gasteiger partial charge is 0.496 e. The third-order valence-electron chi connectivity index (χ3n) is 5.11. The SMILES string of the molecule is COc1ccccc1CNC(=O)CCn1c(C)nc2c(cnn2-c2ccccc2)c1=O. The molecule has 8 nitrogen and oxygen atoms in total. The average Bonchev–Trinajstić information content (AvgIpc) is 3.22. The average molecular weight is 417 g/mol. The second-order valence-corrected chi connectivity index (χ2v) is 7.08. The van der Waals surface area contributed by atoms with Gasteiger partial charge in [0.1, 0.15) is 17.0 Å². The molecular weight excluding hydrogens is 394 g/mol. The van der Waals surface area contributed by atoms with E-state index in [1.807, 2.05) is 54.6 Å². The monoisotopic (exact) mass is 417 g/mol. The lowest BCUT2D eigenvalue weighted by Crippen LogP contribution is -2.29. The summed E-state index contributed by atoms with van der Waals surface area (Å²) in [4.78, 5) is 29.9. The van der Waals surface area contributed by atoms with Crippen LogP contribution in [0.25, 0.3) is 16.7 Å². The van der Waals surface area contributed by atoms with Crippen molar-refractivity contribution in [1.82, 2.24) is 24.6 Å². The second kappa shape index (κ2) is 8.83. The molecule has 4 aromatic rings. The van der Waals surface area contributed by atoms with Crippen LogP contribution in [0.2, 0.25) is 0 Å². The number of nitrogens with zero attached hydrogens (tertiary/aromatic N) is 4. The molecule has 2 aromatic carbocycles. The summed E-state index contributed by atoms with van der Waals surface area (Å²) in [5.74, 6) is 1.10. The van der Waals surface area contributed by atoms with Crippen LogP contribution >= 0.6 is 0 Å².